The number of nitrogens with one attached hydrogen (secondary N) is 2. The van der Waals surface area contributed by atoms with E-state index in [0.29, 0.717) is 0 Å². The minimum Gasteiger partial charge on any atom is -0.360 e. The zero-order chi connectivity index (χ0) is 10.8. The molecule has 16 heavy (non-hydrogen) atoms. The summed E-state index contributed by atoms with van der Waals surface area (Å²) in [7, 11) is 0. The Labute approximate surface area is 95.3 Å². The Hall–Kier alpha value is -1.35. The number of nitrogens with zero attached hydrogens (tertiary/aromatic N) is 1. The molecule has 3 heteroatoms. The van der Waals surface area contributed by atoms with Gasteiger partial charge in [0.2, 0.25) is 0 Å². The van der Waals surface area contributed by atoms with Gasteiger partial charge in [-0.15, -0.1) is 0 Å². The van der Waals surface area contributed by atoms with E-state index in [1.807, 2.05) is 18.5 Å². The summed E-state index contributed by atoms with van der Waals surface area (Å²) < 4.78 is 0. The fourth-order valence-corrected chi connectivity index (χ4v) is 2.52. The van der Waals surface area contributed by atoms with Crippen molar-refractivity contribution in [3.8, 4) is 0 Å². The third-order valence-corrected chi connectivity index (χ3v) is 3.38. The molecule has 84 valence electrons. The molecular formula is C13H17N3. The molecule has 0 aromatic carbocycles. The molecule has 0 aliphatic carbocycles. The molecule has 1 fully saturated rings. The number of hydrogen-bond donors (Lipinski definition) is 2. The first-order valence-corrected chi connectivity index (χ1v) is 6.04. The van der Waals surface area contributed by atoms with E-state index in [1.165, 1.54) is 24.9 Å². The second-order valence-electron chi connectivity index (χ2n) is 4.67. The highest BCUT2D eigenvalue weighted by molar-refractivity contribution is 5.74. The lowest BCUT2D eigenvalue weighted by atomic mass is 9.93. The maximum absolute atomic E-state index is 4.45. The fraction of sp³-hybridized carbons (Fsp3) is 0.462. The first-order valence-electron chi connectivity index (χ1n) is 6.04. The molecule has 2 aromatic rings. The summed E-state index contributed by atoms with van der Waals surface area (Å²) in [4.78, 5) is 7.67. The summed E-state index contributed by atoms with van der Waals surface area (Å²) >= 11 is 0. The van der Waals surface area contributed by atoms with Crippen LogP contribution in [0.15, 0.2) is 24.5 Å². The van der Waals surface area contributed by atoms with Gasteiger partial charge in [-0.25, -0.2) is 0 Å². The van der Waals surface area contributed by atoms with Crippen LogP contribution in [-0.2, 0) is 6.42 Å². The van der Waals surface area contributed by atoms with Gasteiger partial charge in [-0.2, -0.15) is 0 Å². The molecule has 2 N–H and O–H groups in total. The van der Waals surface area contributed by atoms with Gasteiger partial charge in [-0.1, -0.05) is 0 Å². The number of pyridine rings is 1. The van der Waals surface area contributed by atoms with Crippen LogP contribution in [-0.4, -0.2) is 23.1 Å². The highest BCUT2D eigenvalue weighted by atomic mass is 14.9. The van der Waals surface area contributed by atoms with Gasteiger partial charge in [-0.05, 0) is 56.0 Å². The molecule has 3 rings (SSSR count). The number of piperidine rings is 1. The topological polar surface area (TPSA) is 40.7 Å². The number of H-pyrrole nitrogens is 1. The van der Waals surface area contributed by atoms with E-state index in [2.05, 4.69) is 21.4 Å². The highest BCUT2D eigenvalue weighted by Crippen LogP contribution is 2.18. The number of rotatable bonds is 2. The Morgan fingerprint density at radius 3 is 3.31 bits per heavy atom. The first-order chi connectivity index (χ1) is 7.92. The van der Waals surface area contributed by atoms with Gasteiger partial charge in [0.05, 0.1) is 11.0 Å². The van der Waals surface area contributed by atoms with Crippen molar-refractivity contribution in [3.05, 3.63) is 30.1 Å². The summed E-state index contributed by atoms with van der Waals surface area (Å²) in [6.45, 7) is 2.34. The van der Waals surface area contributed by atoms with Gasteiger partial charge in [0, 0.05) is 12.4 Å². The molecule has 3 nitrogen and oxygen atoms in total. The molecule has 3 heterocycles. The summed E-state index contributed by atoms with van der Waals surface area (Å²) in [5.41, 5.74) is 3.57. The second kappa shape index (κ2) is 4.26. The van der Waals surface area contributed by atoms with Gasteiger partial charge in [-0.3, -0.25) is 4.98 Å². The average Bonchev–Trinajstić information content (AvgIpc) is 2.77. The molecule has 1 aliphatic rings. The van der Waals surface area contributed by atoms with Crippen molar-refractivity contribution in [1.29, 1.82) is 0 Å². The van der Waals surface area contributed by atoms with E-state index in [9.17, 15) is 0 Å². The lowest BCUT2D eigenvalue weighted by Crippen LogP contribution is -2.30. The van der Waals surface area contributed by atoms with Gasteiger partial charge in [0.15, 0.2) is 0 Å². The predicted octanol–water partition coefficient (Wildman–Crippen LogP) is 2.10. The summed E-state index contributed by atoms with van der Waals surface area (Å²) in [5.74, 6) is 0.781. The molecular weight excluding hydrogens is 198 g/mol. The number of fused-ring (bicyclic) bond motifs is 1. The van der Waals surface area contributed by atoms with Crippen LogP contribution in [0.2, 0.25) is 0 Å². The van der Waals surface area contributed by atoms with Gasteiger partial charge >= 0.3 is 0 Å². The molecule has 0 unspecified atom stereocenters. The lowest BCUT2D eigenvalue weighted by molar-refractivity contribution is 0.376. The highest BCUT2D eigenvalue weighted by Gasteiger charge is 2.13. The standard InChI is InChI=1S/C13H17N3/c1-2-10(8-14-4-1)6-11-7-13-12(16-9-11)3-5-15-13/h3,5,7,9-10,14-15H,1-2,4,6,8H2/t10-/m1/s1. The summed E-state index contributed by atoms with van der Waals surface area (Å²) in [6.07, 6.45) is 7.77. The Morgan fingerprint density at radius 1 is 1.44 bits per heavy atom. The van der Waals surface area contributed by atoms with Crippen LogP contribution in [0.25, 0.3) is 11.0 Å². The van der Waals surface area contributed by atoms with Crippen LogP contribution < -0.4 is 5.32 Å². The van der Waals surface area contributed by atoms with E-state index in [4.69, 9.17) is 0 Å². The maximum atomic E-state index is 4.45. The third-order valence-electron chi connectivity index (χ3n) is 3.38. The minimum absolute atomic E-state index is 0.781. The van der Waals surface area contributed by atoms with Crippen molar-refractivity contribution in [3.63, 3.8) is 0 Å². The third kappa shape index (κ3) is 1.95. The minimum atomic E-state index is 0.781. The molecule has 0 saturated carbocycles. The van der Waals surface area contributed by atoms with E-state index in [-0.39, 0.29) is 0 Å². The molecule has 0 amide bonds. The summed E-state index contributed by atoms with van der Waals surface area (Å²) in [6, 6.07) is 4.25. The van der Waals surface area contributed by atoms with Crippen molar-refractivity contribution in [2.75, 3.05) is 13.1 Å². The maximum Gasteiger partial charge on any atom is 0.0878 e. The van der Waals surface area contributed by atoms with Crippen molar-refractivity contribution in [2.24, 2.45) is 5.92 Å². The van der Waals surface area contributed by atoms with Crippen LogP contribution >= 0.6 is 0 Å². The zero-order valence-electron chi connectivity index (χ0n) is 9.37. The van der Waals surface area contributed by atoms with E-state index in [0.717, 1.165) is 29.9 Å². The largest absolute Gasteiger partial charge is 0.360 e. The van der Waals surface area contributed by atoms with Crippen LogP contribution in [0.1, 0.15) is 18.4 Å². The molecule has 2 aromatic heterocycles. The summed E-state index contributed by atoms with van der Waals surface area (Å²) in [5, 5.41) is 3.46. The first kappa shape index (κ1) is 9.85. The predicted molar refractivity (Wildman–Crippen MR) is 65.4 cm³/mol. The number of hydrogen-bond acceptors (Lipinski definition) is 2. The Balaban J connectivity index is 1.77. The monoisotopic (exact) mass is 215 g/mol. The Bertz CT molecular complexity index is 469. The molecule has 0 radical (unpaired) electrons. The number of aromatic nitrogens is 2. The van der Waals surface area contributed by atoms with E-state index in [1.54, 1.807) is 0 Å². The second-order valence-corrected chi connectivity index (χ2v) is 4.67. The van der Waals surface area contributed by atoms with Crippen LogP contribution in [0.4, 0.5) is 0 Å². The van der Waals surface area contributed by atoms with Crippen LogP contribution in [0.3, 0.4) is 0 Å². The number of aromatic amines is 1. The van der Waals surface area contributed by atoms with E-state index >= 15 is 0 Å². The lowest BCUT2D eigenvalue weighted by Gasteiger charge is -2.22. The van der Waals surface area contributed by atoms with Crippen LogP contribution in [0.5, 0.6) is 0 Å². The van der Waals surface area contributed by atoms with Gasteiger partial charge < -0.3 is 10.3 Å². The van der Waals surface area contributed by atoms with Crippen LogP contribution in [0, 0.1) is 5.92 Å². The fourth-order valence-electron chi connectivity index (χ4n) is 2.52. The molecule has 0 spiro atoms. The van der Waals surface area contributed by atoms with E-state index < -0.39 is 0 Å². The molecule has 1 saturated heterocycles. The normalized spacial score (nSPS) is 21.4. The van der Waals surface area contributed by atoms with Crippen molar-refractivity contribution in [1.82, 2.24) is 15.3 Å². The SMILES string of the molecule is c1cc2ncc(C[C@H]3CCCNC3)cc2[nH]1. The zero-order valence-corrected chi connectivity index (χ0v) is 9.37. The van der Waals surface area contributed by atoms with Crippen molar-refractivity contribution >= 4 is 11.0 Å². The van der Waals surface area contributed by atoms with Gasteiger partial charge in [0.1, 0.15) is 0 Å². The van der Waals surface area contributed by atoms with Crippen molar-refractivity contribution < 1.29 is 0 Å². The average molecular weight is 215 g/mol. The van der Waals surface area contributed by atoms with Gasteiger partial charge in [0.25, 0.3) is 0 Å². The Morgan fingerprint density at radius 2 is 2.44 bits per heavy atom. The van der Waals surface area contributed by atoms with Crippen molar-refractivity contribution in [2.45, 2.75) is 19.3 Å². The smallest absolute Gasteiger partial charge is 0.0878 e. The quantitative estimate of drug-likeness (QED) is 0.805. The Kier molecular flexibility index (Phi) is 2.62. The molecule has 1 aliphatic heterocycles. The molecule has 1 atom stereocenters. The molecule has 0 bridgehead atoms.